The Hall–Kier alpha value is -2.77. The Kier molecular flexibility index (Phi) is 8.55. The third-order valence-corrected chi connectivity index (χ3v) is 5.70. The van der Waals surface area contributed by atoms with Crippen LogP contribution < -0.4 is 20.1 Å². The Labute approximate surface area is 185 Å². The summed E-state index contributed by atoms with van der Waals surface area (Å²) in [5, 5.41) is 15.2. The lowest BCUT2D eigenvalue weighted by Gasteiger charge is -2.17. The molecule has 0 bridgehead atoms. The second-order valence-electron chi connectivity index (χ2n) is 8.02. The van der Waals surface area contributed by atoms with Crippen molar-refractivity contribution in [1.82, 2.24) is 25.4 Å². The van der Waals surface area contributed by atoms with E-state index in [1.807, 2.05) is 36.7 Å². The number of aromatic nitrogens is 3. The summed E-state index contributed by atoms with van der Waals surface area (Å²) in [5.41, 5.74) is 1.05. The minimum atomic E-state index is 0.286. The van der Waals surface area contributed by atoms with E-state index in [2.05, 4.69) is 27.8 Å². The van der Waals surface area contributed by atoms with E-state index in [1.165, 1.54) is 12.8 Å². The van der Waals surface area contributed by atoms with E-state index < -0.39 is 0 Å². The van der Waals surface area contributed by atoms with E-state index in [9.17, 15) is 0 Å². The van der Waals surface area contributed by atoms with Crippen molar-refractivity contribution in [3.05, 3.63) is 35.4 Å². The number of unbranched alkanes of at least 4 members (excludes halogenated alkanes) is 1. The SMILES string of the molecule is CCCCNC(=NCc1ccc(OC)cc1OC1CCCC1)NCc1nnc(C)n1C. The van der Waals surface area contributed by atoms with Crippen LogP contribution in [0.15, 0.2) is 23.2 Å². The molecule has 0 aliphatic heterocycles. The van der Waals surface area contributed by atoms with Gasteiger partial charge in [-0.2, -0.15) is 0 Å². The topological polar surface area (TPSA) is 85.6 Å². The van der Waals surface area contributed by atoms with Crippen molar-refractivity contribution in [1.29, 1.82) is 0 Å². The molecule has 0 amide bonds. The van der Waals surface area contributed by atoms with Gasteiger partial charge in [0, 0.05) is 25.2 Å². The van der Waals surface area contributed by atoms with Crippen molar-refractivity contribution >= 4 is 5.96 Å². The Morgan fingerprint density at radius 3 is 2.71 bits per heavy atom. The molecule has 1 fully saturated rings. The summed E-state index contributed by atoms with van der Waals surface area (Å²) < 4.78 is 13.7. The van der Waals surface area contributed by atoms with E-state index in [1.54, 1.807) is 7.11 Å². The van der Waals surface area contributed by atoms with Crippen molar-refractivity contribution in [2.75, 3.05) is 13.7 Å². The molecule has 0 saturated heterocycles. The summed E-state index contributed by atoms with van der Waals surface area (Å²) >= 11 is 0. The lowest BCUT2D eigenvalue weighted by Crippen LogP contribution is -2.38. The Morgan fingerprint density at radius 2 is 2.03 bits per heavy atom. The van der Waals surface area contributed by atoms with Gasteiger partial charge in [0.05, 0.1) is 26.3 Å². The predicted molar refractivity (Wildman–Crippen MR) is 123 cm³/mol. The minimum Gasteiger partial charge on any atom is -0.497 e. The fourth-order valence-electron chi connectivity index (χ4n) is 3.58. The van der Waals surface area contributed by atoms with Gasteiger partial charge in [0.15, 0.2) is 11.8 Å². The summed E-state index contributed by atoms with van der Waals surface area (Å²) in [7, 11) is 3.65. The van der Waals surface area contributed by atoms with Crippen LogP contribution in [-0.4, -0.2) is 40.5 Å². The zero-order valence-corrected chi connectivity index (χ0v) is 19.3. The number of rotatable bonds is 10. The fraction of sp³-hybridized carbons (Fsp3) is 0.609. The van der Waals surface area contributed by atoms with Crippen LogP contribution in [0.25, 0.3) is 0 Å². The van der Waals surface area contributed by atoms with Crippen molar-refractivity contribution in [2.45, 2.75) is 71.6 Å². The van der Waals surface area contributed by atoms with Crippen LogP contribution in [0, 0.1) is 6.92 Å². The molecule has 0 unspecified atom stereocenters. The molecular formula is C23H36N6O2. The quantitative estimate of drug-likeness (QED) is 0.342. The van der Waals surface area contributed by atoms with Gasteiger partial charge in [0.25, 0.3) is 0 Å². The molecule has 1 aliphatic carbocycles. The number of aryl methyl sites for hydroxylation is 1. The maximum atomic E-state index is 6.32. The van der Waals surface area contributed by atoms with Gasteiger partial charge in [0.1, 0.15) is 17.3 Å². The molecule has 0 atom stereocenters. The number of ether oxygens (including phenoxy) is 2. The normalized spacial score (nSPS) is 14.6. The van der Waals surface area contributed by atoms with Gasteiger partial charge < -0.3 is 24.7 Å². The van der Waals surface area contributed by atoms with Crippen molar-refractivity contribution in [2.24, 2.45) is 12.0 Å². The minimum absolute atomic E-state index is 0.286. The van der Waals surface area contributed by atoms with E-state index in [-0.39, 0.29) is 6.10 Å². The van der Waals surface area contributed by atoms with Gasteiger partial charge >= 0.3 is 0 Å². The van der Waals surface area contributed by atoms with Crippen LogP contribution in [0.4, 0.5) is 0 Å². The van der Waals surface area contributed by atoms with E-state index in [0.717, 1.165) is 66.9 Å². The third-order valence-electron chi connectivity index (χ3n) is 5.70. The average Bonchev–Trinajstić information content (AvgIpc) is 3.40. The number of benzene rings is 1. The zero-order chi connectivity index (χ0) is 22.1. The smallest absolute Gasteiger partial charge is 0.191 e. The summed E-state index contributed by atoms with van der Waals surface area (Å²) in [6, 6.07) is 5.98. The lowest BCUT2D eigenvalue weighted by molar-refractivity contribution is 0.207. The number of nitrogens with one attached hydrogen (secondary N) is 2. The molecule has 2 N–H and O–H groups in total. The van der Waals surface area contributed by atoms with Crippen molar-refractivity contribution in [3.63, 3.8) is 0 Å². The van der Waals surface area contributed by atoms with Crippen LogP contribution in [0.3, 0.4) is 0 Å². The van der Waals surface area contributed by atoms with Crippen LogP contribution in [0.5, 0.6) is 11.5 Å². The largest absolute Gasteiger partial charge is 0.497 e. The highest BCUT2D eigenvalue weighted by atomic mass is 16.5. The molecule has 0 radical (unpaired) electrons. The standard InChI is InChI=1S/C23H36N6O2/c1-5-6-13-24-23(26-16-22-28-27-17(2)29(22)3)25-15-18-11-12-20(30-4)14-21(18)31-19-9-7-8-10-19/h11-12,14,19H,5-10,13,15-16H2,1-4H3,(H2,24,25,26). The second kappa shape index (κ2) is 11.6. The van der Waals surface area contributed by atoms with E-state index in [4.69, 9.17) is 14.5 Å². The molecule has 1 saturated carbocycles. The molecule has 1 aromatic heterocycles. The van der Waals surface area contributed by atoms with E-state index >= 15 is 0 Å². The first-order valence-electron chi connectivity index (χ1n) is 11.3. The Morgan fingerprint density at radius 1 is 1.23 bits per heavy atom. The average molecular weight is 429 g/mol. The first kappa shape index (κ1) is 22.9. The van der Waals surface area contributed by atoms with Gasteiger partial charge in [-0.3, -0.25) is 0 Å². The number of hydrogen-bond acceptors (Lipinski definition) is 5. The Bertz CT molecular complexity index is 858. The maximum Gasteiger partial charge on any atom is 0.191 e. The van der Waals surface area contributed by atoms with E-state index in [0.29, 0.717) is 13.1 Å². The Balaban J connectivity index is 1.72. The summed E-state index contributed by atoms with van der Waals surface area (Å²) in [6.45, 7) is 6.07. The van der Waals surface area contributed by atoms with Gasteiger partial charge in [-0.15, -0.1) is 10.2 Å². The molecule has 31 heavy (non-hydrogen) atoms. The first-order chi connectivity index (χ1) is 15.1. The fourth-order valence-corrected chi connectivity index (χ4v) is 3.58. The number of aliphatic imine (C=N–C) groups is 1. The molecule has 170 valence electrons. The van der Waals surface area contributed by atoms with Gasteiger partial charge in [-0.25, -0.2) is 4.99 Å². The predicted octanol–water partition coefficient (Wildman–Crippen LogP) is 3.49. The molecular weight excluding hydrogens is 392 g/mol. The number of methoxy groups -OCH3 is 1. The molecule has 8 heteroatoms. The summed E-state index contributed by atoms with van der Waals surface area (Å²) in [6.07, 6.45) is 7.19. The molecule has 0 spiro atoms. The van der Waals surface area contributed by atoms with Crippen LogP contribution in [0.2, 0.25) is 0 Å². The van der Waals surface area contributed by atoms with Crippen LogP contribution >= 0.6 is 0 Å². The highest BCUT2D eigenvalue weighted by molar-refractivity contribution is 5.79. The third kappa shape index (κ3) is 6.60. The zero-order valence-electron chi connectivity index (χ0n) is 19.3. The van der Waals surface area contributed by atoms with Gasteiger partial charge in [-0.05, 0) is 51.2 Å². The van der Waals surface area contributed by atoms with Gasteiger partial charge in [-0.1, -0.05) is 13.3 Å². The van der Waals surface area contributed by atoms with Gasteiger partial charge in [0.2, 0.25) is 0 Å². The highest BCUT2D eigenvalue weighted by Gasteiger charge is 2.18. The van der Waals surface area contributed by atoms with Crippen LogP contribution in [-0.2, 0) is 20.1 Å². The number of guanidine groups is 1. The molecule has 3 rings (SSSR count). The first-order valence-corrected chi connectivity index (χ1v) is 11.3. The second-order valence-corrected chi connectivity index (χ2v) is 8.02. The number of nitrogens with zero attached hydrogens (tertiary/aromatic N) is 4. The summed E-state index contributed by atoms with van der Waals surface area (Å²) in [4.78, 5) is 4.82. The number of hydrogen-bond donors (Lipinski definition) is 2. The molecule has 1 aromatic carbocycles. The van der Waals surface area contributed by atoms with Crippen molar-refractivity contribution < 1.29 is 9.47 Å². The molecule has 1 heterocycles. The van der Waals surface area contributed by atoms with Crippen molar-refractivity contribution in [3.8, 4) is 11.5 Å². The highest BCUT2D eigenvalue weighted by Crippen LogP contribution is 2.30. The summed E-state index contributed by atoms with van der Waals surface area (Å²) in [5.74, 6) is 4.19. The maximum absolute atomic E-state index is 6.32. The molecule has 2 aromatic rings. The monoisotopic (exact) mass is 428 g/mol. The molecule has 8 nitrogen and oxygen atoms in total. The van der Waals surface area contributed by atoms with Crippen LogP contribution in [0.1, 0.15) is 62.7 Å². The molecule has 1 aliphatic rings. The lowest BCUT2D eigenvalue weighted by atomic mass is 10.2.